The molecule has 0 unspecified atom stereocenters. The predicted octanol–water partition coefficient (Wildman–Crippen LogP) is 0.0668. The van der Waals surface area contributed by atoms with Gasteiger partial charge in [-0.2, -0.15) is 0 Å². The number of hydrogen-bond acceptors (Lipinski definition) is 3. The Morgan fingerprint density at radius 3 is 2.39 bits per heavy atom. The van der Waals surface area contributed by atoms with Crippen molar-refractivity contribution in [1.82, 2.24) is 15.1 Å². The first-order chi connectivity index (χ1) is 8.49. The maximum atomic E-state index is 12.2. The van der Waals surface area contributed by atoms with Gasteiger partial charge in [0.05, 0.1) is 0 Å². The fraction of sp³-hybridized carbons (Fsp3) is 0.846. The van der Waals surface area contributed by atoms with Gasteiger partial charge in [0.1, 0.15) is 0 Å². The molecule has 2 amide bonds. The molecule has 0 atom stereocenters. The number of rotatable bonds is 0. The Balaban J connectivity index is 1.94. The molecule has 2 saturated heterocycles. The zero-order valence-electron chi connectivity index (χ0n) is 11.4. The molecule has 0 saturated carbocycles. The van der Waals surface area contributed by atoms with E-state index in [0.29, 0.717) is 26.2 Å². The van der Waals surface area contributed by atoms with Crippen molar-refractivity contribution in [2.24, 2.45) is 5.41 Å². The zero-order chi connectivity index (χ0) is 13.2. The summed E-state index contributed by atoms with van der Waals surface area (Å²) in [7, 11) is 0. The molecule has 0 radical (unpaired) electrons. The number of nitrogens with one attached hydrogen (secondary N) is 1. The lowest BCUT2D eigenvalue weighted by Gasteiger charge is -2.24. The minimum Gasteiger partial charge on any atom is -0.334 e. The maximum absolute atomic E-state index is 12.2. The Hall–Kier alpha value is -1.10. The third-order valence-corrected chi connectivity index (χ3v) is 3.77. The SMILES string of the molecule is CC1(C)CCN(C(=O)C(=O)N2CCCNCC2)C1. The van der Waals surface area contributed by atoms with Crippen molar-refractivity contribution < 1.29 is 9.59 Å². The van der Waals surface area contributed by atoms with Crippen LogP contribution in [0.4, 0.5) is 0 Å². The first-order valence-electron chi connectivity index (χ1n) is 6.78. The van der Waals surface area contributed by atoms with E-state index < -0.39 is 0 Å². The van der Waals surface area contributed by atoms with Crippen molar-refractivity contribution in [3.05, 3.63) is 0 Å². The van der Waals surface area contributed by atoms with Gasteiger partial charge in [-0.15, -0.1) is 0 Å². The predicted molar refractivity (Wildman–Crippen MR) is 69.0 cm³/mol. The molecule has 2 fully saturated rings. The summed E-state index contributed by atoms with van der Waals surface area (Å²) < 4.78 is 0. The van der Waals surface area contributed by atoms with E-state index in [2.05, 4.69) is 19.2 Å². The van der Waals surface area contributed by atoms with Crippen LogP contribution < -0.4 is 5.32 Å². The van der Waals surface area contributed by atoms with E-state index >= 15 is 0 Å². The topological polar surface area (TPSA) is 52.7 Å². The van der Waals surface area contributed by atoms with E-state index in [4.69, 9.17) is 0 Å². The van der Waals surface area contributed by atoms with Crippen LogP contribution in [-0.2, 0) is 9.59 Å². The zero-order valence-corrected chi connectivity index (χ0v) is 11.4. The second kappa shape index (κ2) is 5.26. The van der Waals surface area contributed by atoms with Crippen LogP contribution in [0, 0.1) is 5.41 Å². The van der Waals surface area contributed by atoms with Gasteiger partial charge in [0.15, 0.2) is 0 Å². The molecular formula is C13H23N3O2. The number of nitrogens with zero attached hydrogens (tertiary/aromatic N) is 2. The maximum Gasteiger partial charge on any atom is 0.312 e. The molecule has 0 bridgehead atoms. The third-order valence-electron chi connectivity index (χ3n) is 3.77. The average molecular weight is 253 g/mol. The Morgan fingerprint density at radius 2 is 1.72 bits per heavy atom. The highest BCUT2D eigenvalue weighted by molar-refractivity contribution is 6.35. The minimum atomic E-state index is -0.323. The van der Waals surface area contributed by atoms with Crippen molar-refractivity contribution in [2.45, 2.75) is 26.7 Å². The molecule has 0 aromatic carbocycles. The summed E-state index contributed by atoms with van der Waals surface area (Å²) in [6.45, 7) is 8.73. The number of hydrogen-bond donors (Lipinski definition) is 1. The molecule has 0 spiro atoms. The molecule has 0 aromatic rings. The van der Waals surface area contributed by atoms with Crippen LogP contribution in [0.15, 0.2) is 0 Å². The number of carbonyl (C=O) groups is 2. The van der Waals surface area contributed by atoms with Crippen LogP contribution >= 0.6 is 0 Å². The number of carbonyl (C=O) groups excluding carboxylic acids is 2. The van der Waals surface area contributed by atoms with Gasteiger partial charge in [-0.05, 0) is 24.8 Å². The molecule has 2 rings (SSSR count). The van der Waals surface area contributed by atoms with E-state index in [9.17, 15) is 9.59 Å². The summed E-state index contributed by atoms with van der Waals surface area (Å²) >= 11 is 0. The van der Waals surface area contributed by atoms with Crippen LogP contribution in [0.25, 0.3) is 0 Å². The van der Waals surface area contributed by atoms with Crippen LogP contribution in [0.2, 0.25) is 0 Å². The van der Waals surface area contributed by atoms with Gasteiger partial charge in [-0.25, -0.2) is 0 Å². The highest BCUT2D eigenvalue weighted by Crippen LogP contribution is 2.28. The van der Waals surface area contributed by atoms with E-state index in [-0.39, 0.29) is 17.2 Å². The van der Waals surface area contributed by atoms with E-state index in [1.165, 1.54) is 0 Å². The van der Waals surface area contributed by atoms with Gasteiger partial charge in [-0.3, -0.25) is 9.59 Å². The van der Waals surface area contributed by atoms with Crippen molar-refractivity contribution in [3.63, 3.8) is 0 Å². The molecule has 2 heterocycles. The molecule has 18 heavy (non-hydrogen) atoms. The first-order valence-corrected chi connectivity index (χ1v) is 6.78. The fourth-order valence-electron chi connectivity index (χ4n) is 2.61. The Kier molecular flexibility index (Phi) is 3.90. The summed E-state index contributed by atoms with van der Waals surface area (Å²) in [4.78, 5) is 27.7. The Labute approximate surface area is 108 Å². The fourth-order valence-corrected chi connectivity index (χ4v) is 2.61. The van der Waals surface area contributed by atoms with E-state index in [0.717, 1.165) is 25.9 Å². The Bertz CT molecular complexity index is 318. The van der Waals surface area contributed by atoms with Crippen molar-refractivity contribution >= 4 is 11.8 Å². The Morgan fingerprint density at radius 1 is 1.00 bits per heavy atom. The molecular weight excluding hydrogens is 230 g/mol. The highest BCUT2D eigenvalue weighted by atomic mass is 16.2. The first kappa shape index (κ1) is 13.3. The highest BCUT2D eigenvalue weighted by Gasteiger charge is 2.36. The van der Waals surface area contributed by atoms with Gasteiger partial charge in [0.2, 0.25) is 0 Å². The van der Waals surface area contributed by atoms with Gasteiger partial charge in [0, 0.05) is 32.7 Å². The lowest BCUT2D eigenvalue weighted by molar-refractivity contribution is -0.151. The molecule has 102 valence electrons. The molecule has 5 heteroatoms. The smallest absolute Gasteiger partial charge is 0.312 e. The van der Waals surface area contributed by atoms with Crippen LogP contribution in [0.3, 0.4) is 0 Å². The lowest BCUT2D eigenvalue weighted by atomic mass is 9.93. The second-order valence-corrected chi connectivity index (χ2v) is 6.04. The normalized spacial score (nSPS) is 23.9. The monoisotopic (exact) mass is 253 g/mol. The molecule has 1 N–H and O–H groups in total. The van der Waals surface area contributed by atoms with Gasteiger partial charge in [-0.1, -0.05) is 13.8 Å². The molecule has 2 aliphatic rings. The van der Waals surface area contributed by atoms with Crippen LogP contribution in [-0.4, -0.2) is 60.9 Å². The number of amides is 2. The summed E-state index contributed by atoms with van der Waals surface area (Å²) in [5, 5.41) is 3.23. The largest absolute Gasteiger partial charge is 0.334 e. The number of likely N-dealkylation sites (tertiary alicyclic amines) is 1. The van der Waals surface area contributed by atoms with E-state index in [1.54, 1.807) is 9.80 Å². The van der Waals surface area contributed by atoms with Gasteiger partial charge >= 0.3 is 11.8 Å². The van der Waals surface area contributed by atoms with Gasteiger partial charge in [0.25, 0.3) is 0 Å². The quantitative estimate of drug-likeness (QED) is 0.621. The van der Waals surface area contributed by atoms with Gasteiger partial charge < -0.3 is 15.1 Å². The lowest BCUT2D eigenvalue weighted by Crippen LogP contribution is -2.46. The summed E-state index contributed by atoms with van der Waals surface area (Å²) in [6, 6.07) is 0. The van der Waals surface area contributed by atoms with Crippen molar-refractivity contribution in [1.29, 1.82) is 0 Å². The summed E-state index contributed by atoms with van der Waals surface area (Å²) in [5.74, 6) is -0.640. The second-order valence-electron chi connectivity index (χ2n) is 6.04. The van der Waals surface area contributed by atoms with Crippen molar-refractivity contribution in [3.8, 4) is 0 Å². The molecule has 0 aromatic heterocycles. The average Bonchev–Trinajstić information content (AvgIpc) is 2.57. The van der Waals surface area contributed by atoms with Crippen molar-refractivity contribution in [2.75, 3.05) is 39.3 Å². The van der Waals surface area contributed by atoms with Crippen LogP contribution in [0.1, 0.15) is 26.7 Å². The molecule has 5 nitrogen and oxygen atoms in total. The standard InChI is InChI=1S/C13H23N3O2/c1-13(2)4-8-16(10-13)12(18)11(17)15-7-3-5-14-6-9-15/h14H,3-10H2,1-2H3. The molecule has 2 aliphatic heterocycles. The molecule has 0 aliphatic carbocycles. The third kappa shape index (κ3) is 3.02. The summed E-state index contributed by atoms with van der Waals surface area (Å²) in [5.41, 5.74) is 0.149. The summed E-state index contributed by atoms with van der Waals surface area (Å²) in [6.07, 6.45) is 1.90. The van der Waals surface area contributed by atoms with Crippen LogP contribution in [0.5, 0.6) is 0 Å². The van der Waals surface area contributed by atoms with E-state index in [1.807, 2.05) is 0 Å². The minimum absolute atomic E-state index is 0.149.